The summed E-state index contributed by atoms with van der Waals surface area (Å²) in [6, 6.07) is 2.14. The predicted molar refractivity (Wildman–Crippen MR) is 73.8 cm³/mol. The van der Waals surface area contributed by atoms with Crippen LogP contribution in [0.2, 0.25) is 0 Å². The Balaban J connectivity index is 2.05. The first-order chi connectivity index (χ1) is 9.29. The van der Waals surface area contributed by atoms with Gasteiger partial charge in [-0.05, 0) is 25.0 Å². The minimum Gasteiger partial charge on any atom is -0.397 e. The van der Waals surface area contributed by atoms with Crippen LogP contribution in [-0.4, -0.2) is 38.1 Å². The van der Waals surface area contributed by atoms with Crippen molar-refractivity contribution < 1.29 is 17.2 Å². The van der Waals surface area contributed by atoms with Crippen LogP contribution in [0.4, 0.5) is 20.2 Å². The number of nitrogens with zero attached hydrogens (tertiary/aromatic N) is 1. The number of hydrogen-bond donors (Lipinski definition) is 2. The van der Waals surface area contributed by atoms with Crippen LogP contribution in [0.1, 0.15) is 12.8 Å². The molecule has 1 aliphatic rings. The summed E-state index contributed by atoms with van der Waals surface area (Å²) in [5.41, 5.74) is 5.71. The summed E-state index contributed by atoms with van der Waals surface area (Å²) in [5, 5.41) is 2.87. The van der Waals surface area contributed by atoms with Crippen LogP contribution in [0.25, 0.3) is 0 Å². The molecule has 1 aromatic rings. The summed E-state index contributed by atoms with van der Waals surface area (Å²) < 4.78 is 51.0. The number of nitrogens with one attached hydrogen (secondary N) is 1. The molecule has 1 aliphatic heterocycles. The molecule has 8 heteroatoms. The smallest absolute Gasteiger partial charge is 0.211 e. The summed E-state index contributed by atoms with van der Waals surface area (Å²) in [7, 11) is -3.20. The molecule has 3 N–H and O–H groups in total. The van der Waals surface area contributed by atoms with Crippen LogP contribution >= 0.6 is 0 Å². The SMILES string of the molecule is CS(=O)(=O)N1CCC(Nc2c(N)ccc(F)c2F)CC1. The van der Waals surface area contributed by atoms with Gasteiger partial charge in [0.15, 0.2) is 11.6 Å². The standard InChI is InChI=1S/C12H17F2N3O2S/c1-20(18,19)17-6-4-8(5-7-17)16-12-10(15)3-2-9(13)11(12)14/h2-3,8,16H,4-7,15H2,1H3. The Kier molecular flexibility index (Phi) is 4.14. The quantitative estimate of drug-likeness (QED) is 0.827. The first kappa shape index (κ1) is 15.0. The molecule has 20 heavy (non-hydrogen) atoms. The molecule has 0 aliphatic carbocycles. The van der Waals surface area contributed by atoms with E-state index < -0.39 is 21.7 Å². The highest BCUT2D eigenvalue weighted by molar-refractivity contribution is 7.88. The van der Waals surface area contributed by atoms with Crippen molar-refractivity contribution in [2.45, 2.75) is 18.9 Å². The topological polar surface area (TPSA) is 75.4 Å². The van der Waals surface area contributed by atoms with E-state index in [1.807, 2.05) is 0 Å². The van der Waals surface area contributed by atoms with Crippen molar-refractivity contribution in [1.82, 2.24) is 4.31 Å². The van der Waals surface area contributed by atoms with Gasteiger partial charge in [-0.3, -0.25) is 0 Å². The maximum atomic E-state index is 13.7. The van der Waals surface area contributed by atoms with Crippen molar-refractivity contribution >= 4 is 21.4 Å². The van der Waals surface area contributed by atoms with Crippen molar-refractivity contribution in [3.8, 4) is 0 Å². The van der Waals surface area contributed by atoms with E-state index >= 15 is 0 Å². The third-order valence-electron chi connectivity index (χ3n) is 3.40. The fourth-order valence-corrected chi connectivity index (χ4v) is 3.12. The summed E-state index contributed by atoms with van der Waals surface area (Å²) in [4.78, 5) is 0. The van der Waals surface area contributed by atoms with Gasteiger partial charge in [0.25, 0.3) is 0 Å². The molecule has 5 nitrogen and oxygen atoms in total. The van der Waals surface area contributed by atoms with E-state index in [0.717, 1.165) is 12.3 Å². The highest BCUT2D eigenvalue weighted by Gasteiger charge is 2.26. The first-order valence-corrected chi connectivity index (χ1v) is 8.09. The molecule has 0 radical (unpaired) electrons. The lowest BCUT2D eigenvalue weighted by Gasteiger charge is -2.31. The van der Waals surface area contributed by atoms with Crippen LogP contribution < -0.4 is 11.1 Å². The van der Waals surface area contributed by atoms with Gasteiger partial charge in [0.1, 0.15) is 0 Å². The summed E-state index contributed by atoms with van der Waals surface area (Å²) in [6.07, 6.45) is 2.19. The average molecular weight is 305 g/mol. The number of nitrogen functional groups attached to an aromatic ring is 1. The summed E-state index contributed by atoms with van der Waals surface area (Å²) in [5.74, 6) is -1.97. The van der Waals surface area contributed by atoms with Gasteiger partial charge in [-0.25, -0.2) is 21.5 Å². The monoisotopic (exact) mass is 305 g/mol. The second-order valence-corrected chi connectivity index (χ2v) is 6.89. The van der Waals surface area contributed by atoms with Gasteiger partial charge in [0.2, 0.25) is 10.0 Å². The molecule has 1 fully saturated rings. The van der Waals surface area contributed by atoms with Gasteiger partial charge in [0, 0.05) is 19.1 Å². The molecule has 0 spiro atoms. The Bertz CT molecular complexity index is 599. The number of rotatable bonds is 3. The van der Waals surface area contributed by atoms with Crippen LogP contribution in [-0.2, 0) is 10.0 Å². The van der Waals surface area contributed by atoms with E-state index in [9.17, 15) is 17.2 Å². The molecule has 2 rings (SSSR count). The number of anilines is 2. The lowest BCUT2D eigenvalue weighted by molar-refractivity contribution is 0.331. The minimum atomic E-state index is -3.20. The van der Waals surface area contributed by atoms with Crippen molar-refractivity contribution in [2.24, 2.45) is 0 Å². The fraction of sp³-hybridized carbons (Fsp3) is 0.500. The summed E-state index contributed by atoms with van der Waals surface area (Å²) >= 11 is 0. The van der Waals surface area contributed by atoms with E-state index in [0.29, 0.717) is 25.9 Å². The highest BCUT2D eigenvalue weighted by atomic mass is 32.2. The second-order valence-electron chi connectivity index (χ2n) is 4.91. The number of benzene rings is 1. The highest BCUT2D eigenvalue weighted by Crippen LogP contribution is 2.27. The predicted octanol–water partition coefficient (Wildman–Crippen LogP) is 1.38. The van der Waals surface area contributed by atoms with Crippen LogP contribution in [0.5, 0.6) is 0 Å². The normalized spacial score (nSPS) is 18.1. The minimum absolute atomic E-state index is 0.0530. The van der Waals surface area contributed by atoms with E-state index in [1.54, 1.807) is 0 Å². The van der Waals surface area contributed by atoms with E-state index in [2.05, 4.69) is 5.32 Å². The van der Waals surface area contributed by atoms with Gasteiger partial charge in [0.05, 0.1) is 17.6 Å². The zero-order chi connectivity index (χ0) is 14.9. The van der Waals surface area contributed by atoms with Crippen molar-refractivity contribution in [1.29, 1.82) is 0 Å². The molecular formula is C12H17F2N3O2S. The molecule has 0 bridgehead atoms. The Morgan fingerprint density at radius 1 is 1.30 bits per heavy atom. The average Bonchev–Trinajstić information content (AvgIpc) is 2.39. The van der Waals surface area contributed by atoms with Crippen LogP contribution in [0, 0.1) is 11.6 Å². The largest absolute Gasteiger partial charge is 0.397 e. The van der Waals surface area contributed by atoms with E-state index in [-0.39, 0.29) is 17.4 Å². The Morgan fingerprint density at radius 3 is 2.45 bits per heavy atom. The molecule has 0 saturated carbocycles. The fourth-order valence-electron chi connectivity index (χ4n) is 2.25. The van der Waals surface area contributed by atoms with Gasteiger partial charge < -0.3 is 11.1 Å². The number of sulfonamides is 1. The molecule has 0 aromatic heterocycles. The van der Waals surface area contributed by atoms with Crippen molar-refractivity contribution in [3.05, 3.63) is 23.8 Å². The Hall–Kier alpha value is -1.41. The molecule has 0 unspecified atom stereocenters. The molecule has 1 saturated heterocycles. The maximum absolute atomic E-state index is 13.7. The number of halogens is 2. The zero-order valence-corrected chi connectivity index (χ0v) is 11.9. The van der Waals surface area contributed by atoms with E-state index in [4.69, 9.17) is 5.73 Å². The zero-order valence-electron chi connectivity index (χ0n) is 11.1. The van der Waals surface area contributed by atoms with Gasteiger partial charge in [-0.2, -0.15) is 0 Å². The third-order valence-corrected chi connectivity index (χ3v) is 4.70. The first-order valence-electron chi connectivity index (χ1n) is 6.24. The number of nitrogens with two attached hydrogens (primary N) is 1. The summed E-state index contributed by atoms with van der Waals surface area (Å²) in [6.45, 7) is 0.709. The van der Waals surface area contributed by atoms with Gasteiger partial charge in [-0.1, -0.05) is 0 Å². The molecular weight excluding hydrogens is 288 g/mol. The second kappa shape index (κ2) is 5.53. The molecule has 1 heterocycles. The van der Waals surface area contributed by atoms with Crippen molar-refractivity contribution in [3.63, 3.8) is 0 Å². The molecule has 0 atom stereocenters. The Morgan fingerprint density at radius 2 is 1.90 bits per heavy atom. The van der Waals surface area contributed by atoms with Gasteiger partial charge >= 0.3 is 0 Å². The molecule has 0 amide bonds. The maximum Gasteiger partial charge on any atom is 0.211 e. The molecule has 112 valence electrons. The van der Waals surface area contributed by atoms with E-state index in [1.165, 1.54) is 10.4 Å². The Labute approximate surface area is 116 Å². The lowest BCUT2D eigenvalue weighted by Crippen LogP contribution is -2.42. The van der Waals surface area contributed by atoms with Crippen molar-refractivity contribution in [2.75, 3.05) is 30.4 Å². The van der Waals surface area contributed by atoms with Crippen LogP contribution in [0.3, 0.4) is 0 Å². The van der Waals surface area contributed by atoms with Crippen LogP contribution in [0.15, 0.2) is 12.1 Å². The van der Waals surface area contributed by atoms with Gasteiger partial charge in [-0.15, -0.1) is 0 Å². The molecule has 1 aromatic carbocycles. The third kappa shape index (κ3) is 3.18. The number of piperidine rings is 1. The lowest BCUT2D eigenvalue weighted by atomic mass is 10.1. The number of hydrogen-bond acceptors (Lipinski definition) is 4.